The second-order valence-corrected chi connectivity index (χ2v) is 9.37. The van der Waals surface area contributed by atoms with Crippen molar-refractivity contribution in [3.05, 3.63) is 53.1 Å². The van der Waals surface area contributed by atoms with E-state index in [4.69, 9.17) is 21.1 Å². The number of rotatable bonds is 6. The minimum Gasteiger partial charge on any atom is -0.486 e. The van der Waals surface area contributed by atoms with E-state index >= 15 is 0 Å². The first-order valence-electron chi connectivity index (χ1n) is 9.89. The van der Waals surface area contributed by atoms with Crippen molar-refractivity contribution < 1.29 is 22.7 Å². The van der Waals surface area contributed by atoms with E-state index in [-0.39, 0.29) is 34.8 Å². The maximum Gasteiger partial charge on any atom is 0.242 e. The molecular formula is C21H23ClN2O5S. The number of nitrogens with one attached hydrogen (secondary N) is 1. The topological polar surface area (TPSA) is 84.9 Å². The molecule has 2 aromatic rings. The standard InChI is InChI=1S/C21H23ClN2O5S/c22-16-4-1-2-6-20(16)30(26,27)23-10-9-21(25)24-11-3-5-17(24)15-7-8-18-19(14-15)29-13-12-28-18/h1-2,4,6-8,14,17,23H,3,5,9-13H2. The van der Waals surface area contributed by atoms with E-state index in [1.54, 1.807) is 12.1 Å². The number of likely N-dealkylation sites (tertiary alicyclic amines) is 1. The zero-order valence-electron chi connectivity index (χ0n) is 16.3. The number of carbonyl (C=O) groups is 1. The van der Waals surface area contributed by atoms with Crippen LogP contribution in [0.3, 0.4) is 0 Å². The van der Waals surface area contributed by atoms with E-state index in [1.807, 2.05) is 23.1 Å². The maximum atomic E-state index is 12.8. The second-order valence-electron chi connectivity index (χ2n) is 7.23. The summed E-state index contributed by atoms with van der Waals surface area (Å²) in [5.74, 6) is 1.33. The first-order valence-corrected chi connectivity index (χ1v) is 11.7. The average Bonchev–Trinajstić information content (AvgIpc) is 3.23. The van der Waals surface area contributed by atoms with Crippen LogP contribution in [0, 0.1) is 0 Å². The largest absolute Gasteiger partial charge is 0.486 e. The molecule has 2 aromatic carbocycles. The maximum absolute atomic E-state index is 12.8. The summed E-state index contributed by atoms with van der Waals surface area (Å²) in [6, 6.07) is 11.9. The van der Waals surface area contributed by atoms with Crippen molar-refractivity contribution in [1.29, 1.82) is 0 Å². The van der Waals surface area contributed by atoms with Gasteiger partial charge in [0.15, 0.2) is 11.5 Å². The van der Waals surface area contributed by atoms with Crippen LogP contribution >= 0.6 is 11.6 Å². The molecule has 1 fully saturated rings. The fraction of sp³-hybridized carbons (Fsp3) is 0.381. The van der Waals surface area contributed by atoms with Crippen LogP contribution < -0.4 is 14.2 Å². The highest BCUT2D eigenvalue weighted by molar-refractivity contribution is 7.89. The predicted molar refractivity (Wildman–Crippen MR) is 112 cm³/mol. The number of benzene rings is 2. The van der Waals surface area contributed by atoms with Gasteiger partial charge in [-0.2, -0.15) is 0 Å². The van der Waals surface area contributed by atoms with Crippen LogP contribution in [0.4, 0.5) is 0 Å². The zero-order chi connectivity index (χ0) is 21.1. The third kappa shape index (κ3) is 4.40. The van der Waals surface area contributed by atoms with Gasteiger partial charge in [-0.05, 0) is 42.7 Å². The Balaban J connectivity index is 1.39. The van der Waals surface area contributed by atoms with Gasteiger partial charge >= 0.3 is 0 Å². The van der Waals surface area contributed by atoms with Gasteiger partial charge in [0.1, 0.15) is 18.1 Å². The molecule has 2 aliphatic heterocycles. The van der Waals surface area contributed by atoms with E-state index in [0.717, 1.165) is 24.2 Å². The number of hydrogen-bond acceptors (Lipinski definition) is 5. The number of halogens is 1. The molecule has 4 rings (SSSR count). The van der Waals surface area contributed by atoms with E-state index in [0.29, 0.717) is 25.5 Å². The number of amides is 1. The molecule has 1 amide bonds. The molecule has 0 saturated carbocycles. The number of ether oxygens (including phenoxy) is 2. The summed E-state index contributed by atoms with van der Waals surface area (Å²) < 4.78 is 38.6. The highest BCUT2D eigenvalue weighted by Gasteiger charge is 2.31. The van der Waals surface area contributed by atoms with Crippen LogP contribution in [0.25, 0.3) is 0 Å². The van der Waals surface area contributed by atoms with Gasteiger partial charge < -0.3 is 14.4 Å². The van der Waals surface area contributed by atoms with Gasteiger partial charge in [-0.25, -0.2) is 13.1 Å². The normalized spacial score (nSPS) is 18.4. The van der Waals surface area contributed by atoms with Crippen molar-refractivity contribution in [2.24, 2.45) is 0 Å². The van der Waals surface area contributed by atoms with Gasteiger partial charge in [-0.15, -0.1) is 0 Å². The summed E-state index contributed by atoms with van der Waals surface area (Å²) in [7, 11) is -3.77. The SMILES string of the molecule is O=C(CCNS(=O)(=O)c1ccccc1Cl)N1CCCC1c1ccc2c(c1)OCCO2. The fourth-order valence-corrected chi connectivity index (χ4v) is 5.40. The van der Waals surface area contributed by atoms with Gasteiger partial charge in [-0.1, -0.05) is 29.8 Å². The molecule has 0 radical (unpaired) electrons. The molecule has 0 aliphatic carbocycles. The summed E-state index contributed by atoms with van der Waals surface area (Å²) in [5.41, 5.74) is 1.00. The molecule has 2 heterocycles. The smallest absolute Gasteiger partial charge is 0.242 e. The Morgan fingerprint density at radius 1 is 1.13 bits per heavy atom. The molecular weight excluding hydrogens is 428 g/mol. The number of fused-ring (bicyclic) bond motifs is 1. The highest BCUT2D eigenvalue weighted by atomic mass is 35.5. The van der Waals surface area contributed by atoms with Gasteiger partial charge in [0.25, 0.3) is 0 Å². The lowest BCUT2D eigenvalue weighted by Crippen LogP contribution is -2.34. The van der Waals surface area contributed by atoms with Crippen LogP contribution in [-0.4, -0.2) is 45.5 Å². The molecule has 9 heteroatoms. The number of hydrogen-bond donors (Lipinski definition) is 1. The van der Waals surface area contributed by atoms with Crippen LogP contribution in [0.1, 0.15) is 30.9 Å². The number of sulfonamides is 1. The van der Waals surface area contributed by atoms with Crippen LogP contribution in [0.15, 0.2) is 47.4 Å². The molecule has 160 valence electrons. The van der Waals surface area contributed by atoms with E-state index in [1.165, 1.54) is 12.1 Å². The lowest BCUT2D eigenvalue weighted by atomic mass is 10.0. The minimum atomic E-state index is -3.77. The Bertz CT molecular complexity index is 1040. The van der Waals surface area contributed by atoms with Gasteiger partial charge in [0.2, 0.25) is 15.9 Å². The number of nitrogens with zero attached hydrogens (tertiary/aromatic N) is 1. The minimum absolute atomic E-state index is 0.00874. The van der Waals surface area contributed by atoms with Crippen molar-refractivity contribution in [3.8, 4) is 11.5 Å². The Morgan fingerprint density at radius 2 is 1.90 bits per heavy atom. The Hall–Kier alpha value is -2.29. The van der Waals surface area contributed by atoms with Crippen molar-refractivity contribution in [2.45, 2.75) is 30.2 Å². The van der Waals surface area contributed by atoms with Crippen molar-refractivity contribution in [3.63, 3.8) is 0 Å². The molecule has 0 aromatic heterocycles. The molecule has 0 bridgehead atoms. The van der Waals surface area contributed by atoms with E-state index in [9.17, 15) is 13.2 Å². The summed E-state index contributed by atoms with van der Waals surface area (Å²) in [5, 5.41) is 0.148. The molecule has 30 heavy (non-hydrogen) atoms. The first kappa shape index (κ1) is 21.0. The Morgan fingerprint density at radius 3 is 2.70 bits per heavy atom. The predicted octanol–water partition coefficient (Wildman–Crippen LogP) is 3.14. The molecule has 7 nitrogen and oxygen atoms in total. The highest BCUT2D eigenvalue weighted by Crippen LogP contribution is 2.38. The monoisotopic (exact) mass is 450 g/mol. The molecule has 1 atom stereocenters. The van der Waals surface area contributed by atoms with Crippen molar-refractivity contribution >= 4 is 27.5 Å². The molecule has 1 N–H and O–H groups in total. The third-order valence-electron chi connectivity index (χ3n) is 5.28. The summed E-state index contributed by atoms with van der Waals surface area (Å²) >= 11 is 5.98. The van der Waals surface area contributed by atoms with Gasteiger partial charge in [0, 0.05) is 19.5 Å². The van der Waals surface area contributed by atoms with Gasteiger partial charge in [0.05, 0.1) is 11.1 Å². The van der Waals surface area contributed by atoms with Crippen LogP contribution in [0.2, 0.25) is 5.02 Å². The fourth-order valence-electron chi connectivity index (χ4n) is 3.86. The van der Waals surface area contributed by atoms with E-state index in [2.05, 4.69) is 4.72 Å². The lowest BCUT2D eigenvalue weighted by Gasteiger charge is -2.27. The zero-order valence-corrected chi connectivity index (χ0v) is 17.9. The summed E-state index contributed by atoms with van der Waals surface area (Å²) in [6.07, 6.45) is 1.83. The van der Waals surface area contributed by atoms with Crippen LogP contribution in [0.5, 0.6) is 11.5 Å². The first-order chi connectivity index (χ1) is 14.5. The number of carbonyl (C=O) groups excluding carboxylic acids is 1. The van der Waals surface area contributed by atoms with E-state index < -0.39 is 10.0 Å². The molecule has 0 spiro atoms. The third-order valence-corrected chi connectivity index (χ3v) is 7.24. The lowest BCUT2D eigenvalue weighted by molar-refractivity contribution is -0.131. The summed E-state index contributed by atoms with van der Waals surface area (Å²) in [4.78, 5) is 14.6. The molecule has 2 aliphatic rings. The second kappa shape index (κ2) is 8.83. The summed E-state index contributed by atoms with van der Waals surface area (Å²) in [6.45, 7) is 1.70. The quantitative estimate of drug-likeness (QED) is 0.730. The van der Waals surface area contributed by atoms with Gasteiger partial charge in [-0.3, -0.25) is 4.79 Å². The van der Waals surface area contributed by atoms with Crippen molar-refractivity contribution in [1.82, 2.24) is 9.62 Å². The van der Waals surface area contributed by atoms with Crippen molar-refractivity contribution in [2.75, 3.05) is 26.3 Å². The van der Waals surface area contributed by atoms with Crippen LogP contribution in [-0.2, 0) is 14.8 Å². The Labute approximate surface area is 181 Å². The molecule has 1 unspecified atom stereocenters. The average molecular weight is 451 g/mol. The molecule has 1 saturated heterocycles. The Kier molecular flexibility index (Phi) is 6.17.